The molecular weight excluding hydrogens is 504 g/mol. The van der Waals surface area contributed by atoms with Crippen LogP contribution in [0.25, 0.3) is 10.6 Å². The molecule has 2 heterocycles. The molecule has 2 unspecified atom stereocenters. The van der Waals surface area contributed by atoms with E-state index in [1.54, 1.807) is 14.0 Å². The molecule has 0 spiro atoms. The van der Waals surface area contributed by atoms with Crippen molar-refractivity contribution in [3.8, 4) is 16.3 Å². The Labute approximate surface area is 216 Å². The number of H-pyrrole nitrogens is 1. The molecule has 12 heteroatoms. The molecule has 1 fully saturated rings. The molecular formula is C25H29F2N5O4S. The molecule has 37 heavy (non-hydrogen) atoms. The fourth-order valence-corrected chi connectivity index (χ4v) is 5.75. The van der Waals surface area contributed by atoms with Gasteiger partial charge < -0.3 is 20.1 Å². The van der Waals surface area contributed by atoms with E-state index in [-0.39, 0.29) is 34.8 Å². The van der Waals surface area contributed by atoms with Gasteiger partial charge in [-0.2, -0.15) is 0 Å². The average molecular weight is 534 g/mol. The highest BCUT2D eigenvalue weighted by Crippen LogP contribution is 2.32. The van der Waals surface area contributed by atoms with Crippen LogP contribution < -0.4 is 10.7 Å². The van der Waals surface area contributed by atoms with Gasteiger partial charge in [-0.3, -0.25) is 14.9 Å². The highest BCUT2D eigenvalue weighted by molar-refractivity contribution is 7.14. The minimum atomic E-state index is -0.826. The van der Waals surface area contributed by atoms with E-state index in [0.29, 0.717) is 24.3 Å². The van der Waals surface area contributed by atoms with Gasteiger partial charge in [0.1, 0.15) is 16.6 Å². The maximum atomic E-state index is 14.0. The number of hydrogen-bond donors (Lipinski definition) is 4. The van der Waals surface area contributed by atoms with Crippen molar-refractivity contribution in [1.82, 2.24) is 25.4 Å². The predicted octanol–water partition coefficient (Wildman–Crippen LogP) is 3.17. The fraction of sp³-hybridized carbons (Fsp3) is 0.440. The third kappa shape index (κ3) is 5.41. The number of halogens is 2. The van der Waals surface area contributed by atoms with Crippen LogP contribution in [-0.4, -0.2) is 61.6 Å². The second kappa shape index (κ2) is 11.0. The van der Waals surface area contributed by atoms with Gasteiger partial charge in [0.2, 0.25) is 5.43 Å². The zero-order valence-corrected chi connectivity index (χ0v) is 21.4. The number of benzene rings is 1. The van der Waals surface area contributed by atoms with Crippen LogP contribution in [0.3, 0.4) is 0 Å². The summed E-state index contributed by atoms with van der Waals surface area (Å²) < 4.78 is 27.2. The standard InChI is InChI=1S/C25H29F2N5O4S/c1-3-32(25(28-2)9-5-4-6-16(33)12-25)24(36)20-22(35)21(34)17(13-29-20)23-31-30-19(37-23)10-14-7-8-15(26)11-18(14)27/h7-8,11,13,16,28,33,35H,3-6,9-10,12H2,1-2H3,(H,29,34). The summed E-state index contributed by atoms with van der Waals surface area (Å²) in [5.41, 5.74) is -1.65. The second-order valence-corrected chi connectivity index (χ2v) is 10.2. The molecule has 198 valence electrons. The highest BCUT2D eigenvalue weighted by Gasteiger charge is 2.41. The normalized spacial score (nSPS) is 20.0. The highest BCUT2D eigenvalue weighted by atomic mass is 32.1. The van der Waals surface area contributed by atoms with Gasteiger partial charge in [-0.15, -0.1) is 10.2 Å². The van der Waals surface area contributed by atoms with Crippen molar-refractivity contribution in [2.24, 2.45) is 0 Å². The Bertz CT molecular complexity index is 1350. The van der Waals surface area contributed by atoms with E-state index >= 15 is 0 Å². The van der Waals surface area contributed by atoms with E-state index < -0.39 is 40.5 Å². The Hall–Kier alpha value is -3.22. The number of aromatic nitrogens is 3. The van der Waals surface area contributed by atoms with Crippen molar-refractivity contribution >= 4 is 17.2 Å². The zero-order valence-electron chi connectivity index (χ0n) is 20.6. The van der Waals surface area contributed by atoms with Crippen LogP contribution in [0.1, 0.15) is 60.1 Å². The number of aromatic hydroxyl groups is 1. The first-order chi connectivity index (χ1) is 17.7. The maximum absolute atomic E-state index is 14.0. The van der Waals surface area contributed by atoms with Gasteiger partial charge in [0.25, 0.3) is 5.91 Å². The van der Waals surface area contributed by atoms with Crippen molar-refractivity contribution in [1.29, 1.82) is 0 Å². The number of carbonyl (C=O) groups excluding carboxylic acids is 1. The second-order valence-electron chi connectivity index (χ2n) is 9.10. The lowest BCUT2D eigenvalue weighted by Crippen LogP contribution is -2.60. The largest absolute Gasteiger partial charge is 0.503 e. The minimum Gasteiger partial charge on any atom is -0.503 e. The first-order valence-corrected chi connectivity index (χ1v) is 12.9. The number of nitrogens with zero attached hydrogens (tertiary/aromatic N) is 3. The Morgan fingerprint density at radius 3 is 2.81 bits per heavy atom. The molecule has 0 saturated heterocycles. The van der Waals surface area contributed by atoms with Crippen LogP contribution in [0.15, 0.2) is 29.2 Å². The van der Waals surface area contributed by atoms with Crippen LogP contribution in [-0.2, 0) is 6.42 Å². The lowest BCUT2D eigenvalue weighted by molar-refractivity contribution is 0.0137. The van der Waals surface area contributed by atoms with E-state index in [4.69, 9.17) is 0 Å². The molecule has 4 rings (SSSR count). The third-order valence-electron chi connectivity index (χ3n) is 6.82. The summed E-state index contributed by atoms with van der Waals surface area (Å²) in [6.07, 6.45) is 3.99. The lowest BCUT2D eigenvalue weighted by Gasteiger charge is -2.44. The van der Waals surface area contributed by atoms with Crippen LogP contribution in [0, 0.1) is 11.6 Å². The van der Waals surface area contributed by atoms with E-state index in [2.05, 4.69) is 20.5 Å². The van der Waals surface area contributed by atoms with Crippen LogP contribution in [0.2, 0.25) is 0 Å². The molecule has 1 aromatic carbocycles. The molecule has 0 aliphatic heterocycles. The summed E-state index contributed by atoms with van der Waals surface area (Å²) >= 11 is 1.02. The molecule has 9 nitrogen and oxygen atoms in total. The Kier molecular flexibility index (Phi) is 8.00. The van der Waals surface area contributed by atoms with Crippen molar-refractivity contribution < 1.29 is 23.8 Å². The van der Waals surface area contributed by atoms with Gasteiger partial charge in [0.05, 0.1) is 17.3 Å². The molecule has 1 amide bonds. The van der Waals surface area contributed by atoms with Crippen molar-refractivity contribution in [2.75, 3.05) is 13.6 Å². The van der Waals surface area contributed by atoms with E-state index in [0.717, 1.165) is 36.3 Å². The predicted molar refractivity (Wildman–Crippen MR) is 134 cm³/mol. The lowest BCUT2D eigenvalue weighted by atomic mass is 9.96. The van der Waals surface area contributed by atoms with Gasteiger partial charge in [0, 0.05) is 31.6 Å². The van der Waals surface area contributed by atoms with E-state index in [1.165, 1.54) is 17.2 Å². The average Bonchev–Trinajstić information content (AvgIpc) is 3.24. The number of carbonyl (C=O) groups is 1. The van der Waals surface area contributed by atoms with E-state index in [1.807, 2.05) is 0 Å². The summed E-state index contributed by atoms with van der Waals surface area (Å²) in [6.45, 7) is 2.08. The molecule has 2 atom stereocenters. The van der Waals surface area contributed by atoms with Gasteiger partial charge >= 0.3 is 0 Å². The van der Waals surface area contributed by atoms with Crippen molar-refractivity contribution in [2.45, 2.75) is 57.2 Å². The Balaban J connectivity index is 1.61. The maximum Gasteiger partial charge on any atom is 0.275 e. The number of hydrogen-bond acceptors (Lipinski definition) is 8. The van der Waals surface area contributed by atoms with E-state index in [9.17, 15) is 28.6 Å². The molecule has 1 aliphatic carbocycles. The molecule has 0 bridgehead atoms. The number of aliphatic hydroxyl groups excluding tert-OH is 1. The molecule has 0 radical (unpaired) electrons. The summed E-state index contributed by atoms with van der Waals surface area (Å²) in [5.74, 6) is -2.72. The zero-order chi connectivity index (χ0) is 26.7. The Morgan fingerprint density at radius 2 is 2.11 bits per heavy atom. The first-order valence-electron chi connectivity index (χ1n) is 12.1. The SMILES string of the molecule is CCN(C(=O)c1[nH]cc(-c2nnc(Cc3ccc(F)cc3F)s2)c(=O)c1O)C1(NC)CCCCC(O)C1. The summed E-state index contributed by atoms with van der Waals surface area (Å²) in [7, 11) is 1.73. The van der Waals surface area contributed by atoms with Gasteiger partial charge in [-0.1, -0.05) is 23.8 Å². The molecule has 1 aliphatic rings. The van der Waals surface area contributed by atoms with Crippen LogP contribution in [0.4, 0.5) is 8.78 Å². The molecule has 4 N–H and O–H groups in total. The Morgan fingerprint density at radius 1 is 1.32 bits per heavy atom. The summed E-state index contributed by atoms with van der Waals surface area (Å²) in [6, 6.07) is 3.24. The number of pyridine rings is 1. The van der Waals surface area contributed by atoms with Crippen LogP contribution >= 0.6 is 11.3 Å². The van der Waals surface area contributed by atoms with Crippen molar-refractivity contribution in [3.05, 3.63) is 62.5 Å². The minimum absolute atomic E-state index is 0.00800. The fourth-order valence-electron chi connectivity index (χ4n) is 4.88. The first kappa shape index (κ1) is 26.8. The van der Waals surface area contributed by atoms with Crippen LogP contribution in [0.5, 0.6) is 5.75 Å². The number of amides is 1. The quantitative estimate of drug-likeness (QED) is 0.271. The topological polar surface area (TPSA) is 131 Å². The smallest absolute Gasteiger partial charge is 0.275 e. The molecule has 2 aromatic heterocycles. The molecule has 1 saturated carbocycles. The third-order valence-corrected chi connectivity index (χ3v) is 7.78. The monoisotopic (exact) mass is 533 g/mol. The van der Waals surface area contributed by atoms with Gasteiger partial charge in [-0.25, -0.2) is 8.78 Å². The van der Waals surface area contributed by atoms with Crippen molar-refractivity contribution in [3.63, 3.8) is 0 Å². The number of nitrogens with one attached hydrogen (secondary N) is 2. The van der Waals surface area contributed by atoms with Gasteiger partial charge in [0.15, 0.2) is 16.5 Å². The number of rotatable bonds is 7. The van der Waals surface area contributed by atoms with Gasteiger partial charge in [-0.05, 0) is 44.9 Å². The summed E-state index contributed by atoms with van der Waals surface area (Å²) in [4.78, 5) is 30.8. The number of aliphatic hydroxyl groups is 1. The summed E-state index contributed by atoms with van der Waals surface area (Å²) in [5, 5.41) is 32.9. The molecule has 3 aromatic rings. The number of aromatic amines is 1.